The van der Waals surface area contributed by atoms with Crippen LogP contribution in [0.25, 0.3) is 0 Å². The van der Waals surface area contributed by atoms with Gasteiger partial charge in [0, 0.05) is 18.9 Å². The number of nitrogens with zero attached hydrogens (tertiary/aromatic N) is 1. The lowest BCUT2D eigenvalue weighted by Crippen LogP contribution is -2.58. The minimum absolute atomic E-state index is 0.0839. The lowest BCUT2D eigenvalue weighted by Gasteiger charge is -2.25. The molecule has 2 heterocycles. The second-order valence-corrected chi connectivity index (χ2v) is 4.25. The predicted octanol–water partition coefficient (Wildman–Crippen LogP) is -0.653. The summed E-state index contributed by atoms with van der Waals surface area (Å²) < 4.78 is 0. The Balaban J connectivity index is 1.89. The summed E-state index contributed by atoms with van der Waals surface area (Å²) in [7, 11) is 0. The zero-order chi connectivity index (χ0) is 13.0. The molecule has 1 aromatic rings. The SMILES string of the molecule is CC(NC(=O)C1CNC(=O)CN1)c1cccnc1. The number of carbonyl (C=O) groups is 2. The van der Waals surface area contributed by atoms with E-state index < -0.39 is 0 Å². The molecule has 3 N–H and O–H groups in total. The van der Waals surface area contributed by atoms with Crippen molar-refractivity contribution < 1.29 is 9.59 Å². The molecule has 1 aliphatic rings. The fourth-order valence-corrected chi connectivity index (χ4v) is 1.78. The van der Waals surface area contributed by atoms with Gasteiger partial charge in [-0.15, -0.1) is 0 Å². The van der Waals surface area contributed by atoms with Crippen LogP contribution in [-0.2, 0) is 9.59 Å². The average Bonchev–Trinajstić information content (AvgIpc) is 2.40. The number of piperazine rings is 1. The first-order chi connectivity index (χ1) is 8.66. The number of hydrogen-bond acceptors (Lipinski definition) is 4. The van der Waals surface area contributed by atoms with Gasteiger partial charge in [0.1, 0.15) is 6.04 Å². The third kappa shape index (κ3) is 3.04. The van der Waals surface area contributed by atoms with Gasteiger partial charge in [0.05, 0.1) is 12.6 Å². The highest BCUT2D eigenvalue weighted by Crippen LogP contribution is 2.09. The van der Waals surface area contributed by atoms with E-state index in [1.54, 1.807) is 12.4 Å². The molecule has 6 nitrogen and oxygen atoms in total. The van der Waals surface area contributed by atoms with Crippen molar-refractivity contribution in [1.29, 1.82) is 0 Å². The van der Waals surface area contributed by atoms with Crippen LogP contribution in [0.4, 0.5) is 0 Å². The summed E-state index contributed by atoms with van der Waals surface area (Å²) in [6.07, 6.45) is 3.41. The van der Waals surface area contributed by atoms with Crippen LogP contribution >= 0.6 is 0 Å². The van der Waals surface area contributed by atoms with Gasteiger partial charge >= 0.3 is 0 Å². The Kier molecular flexibility index (Phi) is 3.88. The Morgan fingerprint density at radius 1 is 1.61 bits per heavy atom. The van der Waals surface area contributed by atoms with Gasteiger partial charge in [-0.25, -0.2) is 0 Å². The summed E-state index contributed by atoms with van der Waals surface area (Å²) in [5, 5.41) is 8.43. The number of amides is 2. The molecule has 2 atom stereocenters. The van der Waals surface area contributed by atoms with Gasteiger partial charge in [0.2, 0.25) is 11.8 Å². The van der Waals surface area contributed by atoms with E-state index in [0.717, 1.165) is 5.56 Å². The monoisotopic (exact) mass is 248 g/mol. The van der Waals surface area contributed by atoms with E-state index in [4.69, 9.17) is 0 Å². The lowest BCUT2D eigenvalue weighted by atomic mass is 10.1. The maximum Gasteiger partial charge on any atom is 0.239 e. The number of pyridine rings is 1. The van der Waals surface area contributed by atoms with Crippen molar-refractivity contribution in [3.63, 3.8) is 0 Å². The molecule has 96 valence electrons. The number of aromatic nitrogens is 1. The van der Waals surface area contributed by atoms with Gasteiger partial charge in [0.25, 0.3) is 0 Å². The molecule has 0 radical (unpaired) electrons. The van der Waals surface area contributed by atoms with E-state index in [0.29, 0.717) is 6.54 Å². The van der Waals surface area contributed by atoms with Crippen LogP contribution in [-0.4, -0.2) is 35.9 Å². The smallest absolute Gasteiger partial charge is 0.239 e. The fraction of sp³-hybridized carbons (Fsp3) is 0.417. The standard InChI is InChI=1S/C12H16N4O2/c1-8(9-3-2-4-13-5-9)16-12(18)10-6-15-11(17)7-14-10/h2-5,8,10,14H,6-7H2,1H3,(H,15,17)(H,16,18). The maximum atomic E-state index is 11.9. The first-order valence-corrected chi connectivity index (χ1v) is 5.87. The topological polar surface area (TPSA) is 83.1 Å². The summed E-state index contributed by atoms with van der Waals surface area (Å²) in [6, 6.07) is 3.26. The van der Waals surface area contributed by atoms with Gasteiger partial charge in [-0.05, 0) is 18.6 Å². The molecule has 2 rings (SSSR count). The second-order valence-electron chi connectivity index (χ2n) is 4.25. The Labute approximate surface area is 105 Å². The lowest BCUT2D eigenvalue weighted by molar-refractivity contribution is -0.127. The molecule has 2 unspecified atom stereocenters. The molecular formula is C12H16N4O2. The Hall–Kier alpha value is -1.95. The van der Waals surface area contributed by atoms with Gasteiger partial charge in [-0.3, -0.25) is 19.9 Å². The molecule has 1 aliphatic heterocycles. The molecule has 0 aliphatic carbocycles. The van der Waals surface area contributed by atoms with Crippen LogP contribution in [0.1, 0.15) is 18.5 Å². The van der Waals surface area contributed by atoms with Crippen LogP contribution in [0.3, 0.4) is 0 Å². The molecule has 1 aromatic heterocycles. The summed E-state index contributed by atoms with van der Waals surface area (Å²) in [5.41, 5.74) is 0.950. The minimum Gasteiger partial charge on any atom is -0.353 e. The number of rotatable bonds is 3. The van der Waals surface area contributed by atoms with Crippen molar-refractivity contribution in [2.45, 2.75) is 19.0 Å². The summed E-state index contributed by atoms with van der Waals surface area (Å²) in [4.78, 5) is 26.9. The van der Waals surface area contributed by atoms with Crippen molar-refractivity contribution in [3.8, 4) is 0 Å². The predicted molar refractivity (Wildman–Crippen MR) is 65.6 cm³/mol. The van der Waals surface area contributed by atoms with E-state index in [-0.39, 0.29) is 30.4 Å². The van der Waals surface area contributed by atoms with Crippen LogP contribution in [0.15, 0.2) is 24.5 Å². The van der Waals surface area contributed by atoms with Crippen molar-refractivity contribution in [2.24, 2.45) is 0 Å². The summed E-state index contributed by atoms with van der Waals surface area (Å²) in [5.74, 6) is -0.203. The quantitative estimate of drug-likeness (QED) is 0.663. The largest absolute Gasteiger partial charge is 0.353 e. The molecular weight excluding hydrogens is 232 g/mol. The van der Waals surface area contributed by atoms with E-state index in [2.05, 4.69) is 20.9 Å². The van der Waals surface area contributed by atoms with Crippen LogP contribution in [0.5, 0.6) is 0 Å². The molecule has 6 heteroatoms. The Morgan fingerprint density at radius 3 is 3.06 bits per heavy atom. The summed E-state index contributed by atoms with van der Waals surface area (Å²) >= 11 is 0. The van der Waals surface area contributed by atoms with Crippen molar-refractivity contribution in [3.05, 3.63) is 30.1 Å². The normalized spacial score (nSPS) is 20.9. The van der Waals surface area contributed by atoms with Crippen LogP contribution in [0.2, 0.25) is 0 Å². The molecule has 0 spiro atoms. The van der Waals surface area contributed by atoms with Crippen molar-refractivity contribution in [2.75, 3.05) is 13.1 Å². The highest BCUT2D eigenvalue weighted by atomic mass is 16.2. The molecule has 1 saturated heterocycles. The number of hydrogen-bond donors (Lipinski definition) is 3. The number of nitrogens with one attached hydrogen (secondary N) is 3. The van der Waals surface area contributed by atoms with E-state index in [1.807, 2.05) is 19.1 Å². The van der Waals surface area contributed by atoms with Crippen molar-refractivity contribution >= 4 is 11.8 Å². The zero-order valence-electron chi connectivity index (χ0n) is 10.1. The fourth-order valence-electron chi connectivity index (χ4n) is 1.78. The highest BCUT2D eigenvalue weighted by Gasteiger charge is 2.24. The minimum atomic E-state index is -0.373. The molecule has 1 fully saturated rings. The number of carbonyl (C=O) groups excluding carboxylic acids is 2. The van der Waals surface area contributed by atoms with Gasteiger partial charge in [0.15, 0.2) is 0 Å². The third-order valence-corrected chi connectivity index (χ3v) is 2.87. The molecule has 0 bridgehead atoms. The van der Waals surface area contributed by atoms with Gasteiger partial charge < -0.3 is 10.6 Å². The molecule has 0 aromatic carbocycles. The first kappa shape index (κ1) is 12.5. The maximum absolute atomic E-state index is 11.9. The first-order valence-electron chi connectivity index (χ1n) is 5.87. The highest BCUT2D eigenvalue weighted by molar-refractivity contribution is 5.86. The third-order valence-electron chi connectivity index (χ3n) is 2.87. The molecule has 18 heavy (non-hydrogen) atoms. The molecule has 2 amide bonds. The van der Waals surface area contributed by atoms with E-state index in [1.165, 1.54) is 0 Å². The second kappa shape index (κ2) is 5.59. The van der Waals surface area contributed by atoms with E-state index >= 15 is 0 Å². The van der Waals surface area contributed by atoms with Crippen LogP contribution < -0.4 is 16.0 Å². The Bertz CT molecular complexity index is 425. The van der Waals surface area contributed by atoms with Crippen LogP contribution in [0, 0.1) is 0 Å². The molecule has 0 saturated carbocycles. The van der Waals surface area contributed by atoms with Gasteiger partial charge in [-0.2, -0.15) is 0 Å². The van der Waals surface area contributed by atoms with E-state index in [9.17, 15) is 9.59 Å². The summed E-state index contributed by atoms with van der Waals surface area (Å²) in [6.45, 7) is 2.40. The average molecular weight is 248 g/mol. The van der Waals surface area contributed by atoms with Crippen molar-refractivity contribution in [1.82, 2.24) is 20.9 Å². The van der Waals surface area contributed by atoms with Gasteiger partial charge in [-0.1, -0.05) is 6.07 Å². The zero-order valence-corrected chi connectivity index (χ0v) is 10.1. The Morgan fingerprint density at radius 2 is 2.44 bits per heavy atom.